The number of para-hydroxylation sites is 1. The molecule has 3 rings (SSSR count). The third-order valence-electron chi connectivity index (χ3n) is 5.19. The lowest BCUT2D eigenvalue weighted by atomic mass is 10.0. The maximum absolute atomic E-state index is 12.8. The number of nitrogens with one attached hydrogen (secondary N) is 2. The predicted molar refractivity (Wildman–Crippen MR) is 116 cm³/mol. The monoisotopic (exact) mass is 395 g/mol. The zero-order valence-corrected chi connectivity index (χ0v) is 17.3. The van der Waals surface area contributed by atoms with Crippen LogP contribution < -0.4 is 20.3 Å². The molecule has 6 nitrogen and oxygen atoms in total. The van der Waals surface area contributed by atoms with Gasteiger partial charge >= 0.3 is 0 Å². The molecule has 2 aromatic carbocycles. The highest BCUT2D eigenvalue weighted by molar-refractivity contribution is 6.02. The zero-order valence-electron chi connectivity index (χ0n) is 17.3. The fourth-order valence-electron chi connectivity index (χ4n) is 3.54. The van der Waals surface area contributed by atoms with Crippen LogP contribution in [0.5, 0.6) is 5.75 Å². The van der Waals surface area contributed by atoms with Gasteiger partial charge in [-0.25, -0.2) is 0 Å². The number of amides is 2. The minimum atomic E-state index is -0.661. The van der Waals surface area contributed by atoms with Gasteiger partial charge in [0.05, 0.1) is 12.7 Å². The maximum atomic E-state index is 12.8. The van der Waals surface area contributed by atoms with E-state index in [1.165, 1.54) is 25.6 Å². The van der Waals surface area contributed by atoms with Crippen LogP contribution in [0.2, 0.25) is 0 Å². The van der Waals surface area contributed by atoms with E-state index in [1.807, 2.05) is 38.1 Å². The number of benzene rings is 2. The lowest BCUT2D eigenvalue weighted by molar-refractivity contribution is -0.118. The number of hydrogen-bond donors (Lipinski definition) is 2. The topological polar surface area (TPSA) is 70.7 Å². The number of rotatable bonds is 7. The summed E-state index contributed by atoms with van der Waals surface area (Å²) >= 11 is 0. The van der Waals surface area contributed by atoms with Crippen LogP contribution in [-0.2, 0) is 4.79 Å². The summed E-state index contributed by atoms with van der Waals surface area (Å²) in [5.74, 6) is -0.166. The molecule has 0 bridgehead atoms. The van der Waals surface area contributed by atoms with Gasteiger partial charge in [0.25, 0.3) is 5.91 Å². The van der Waals surface area contributed by atoms with Gasteiger partial charge in [0.15, 0.2) is 0 Å². The Balaban J connectivity index is 1.67. The summed E-state index contributed by atoms with van der Waals surface area (Å²) in [5.41, 5.74) is 2.30. The number of carbonyl (C=O) groups excluding carboxylic acids is 2. The molecule has 0 aromatic heterocycles. The van der Waals surface area contributed by atoms with E-state index in [4.69, 9.17) is 4.74 Å². The van der Waals surface area contributed by atoms with E-state index in [0.29, 0.717) is 11.3 Å². The number of carbonyl (C=O) groups is 2. The second-order valence-corrected chi connectivity index (χ2v) is 7.63. The van der Waals surface area contributed by atoms with Gasteiger partial charge in [-0.15, -0.1) is 0 Å². The summed E-state index contributed by atoms with van der Waals surface area (Å²) in [7, 11) is 1.52. The molecule has 0 spiro atoms. The normalized spacial score (nSPS) is 14.6. The predicted octanol–water partition coefficient (Wildman–Crippen LogP) is 3.69. The maximum Gasteiger partial charge on any atom is 0.255 e. The van der Waals surface area contributed by atoms with E-state index in [9.17, 15) is 9.59 Å². The van der Waals surface area contributed by atoms with Gasteiger partial charge in [0.1, 0.15) is 11.8 Å². The molecule has 0 saturated carbocycles. The first-order valence-electron chi connectivity index (χ1n) is 10.1. The molecule has 0 radical (unpaired) electrons. The smallest absolute Gasteiger partial charge is 0.255 e. The van der Waals surface area contributed by atoms with E-state index in [0.717, 1.165) is 18.8 Å². The van der Waals surface area contributed by atoms with Gasteiger partial charge < -0.3 is 20.3 Å². The number of ether oxygens (including phenoxy) is 1. The van der Waals surface area contributed by atoms with Crippen LogP contribution in [0.4, 0.5) is 11.4 Å². The van der Waals surface area contributed by atoms with Crippen LogP contribution in [0, 0.1) is 5.92 Å². The number of anilines is 2. The van der Waals surface area contributed by atoms with Gasteiger partial charge in [-0.2, -0.15) is 0 Å². The first kappa shape index (κ1) is 20.7. The summed E-state index contributed by atoms with van der Waals surface area (Å²) in [6.45, 7) is 5.97. The van der Waals surface area contributed by atoms with Crippen LogP contribution in [0.1, 0.15) is 37.0 Å². The minimum Gasteiger partial charge on any atom is -0.496 e. The fraction of sp³-hybridized carbons (Fsp3) is 0.391. The first-order chi connectivity index (χ1) is 14.0. The number of hydrogen-bond acceptors (Lipinski definition) is 4. The molecule has 1 heterocycles. The molecule has 0 aliphatic carbocycles. The van der Waals surface area contributed by atoms with Crippen molar-refractivity contribution < 1.29 is 14.3 Å². The van der Waals surface area contributed by atoms with Crippen molar-refractivity contribution in [3.63, 3.8) is 0 Å². The first-order valence-corrected chi connectivity index (χ1v) is 10.1. The average molecular weight is 396 g/mol. The highest BCUT2D eigenvalue weighted by Gasteiger charge is 2.26. The minimum absolute atomic E-state index is 0.0717. The van der Waals surface area contributed by atoms with E-state index >= 15 is 0 Å². The molecular formula is C23H29N3O3. The molecule has 0 unspecified atom stereocenters. The van der Waals surface area contributed by atoms with Crippen molar-refractivity contribution in [2.24, 2.45) is 5.92 Å². The van der Waals surface area contributed by atoms with Crippen molar-refractivity contribution in [3.05, 3.63) is 54.1 Å². The number of nitrogens with zero attached hydrogens (tertiary/aromatic N) is 1. The van der Waals surface area contributed by atoms with Crippen molar-refractivity contribution in [3.8, 4) is 5.75 Å². The van der Waals surface area contributed by atoms with E-state index in [2.05, 4.69) is 15.5 Å². The van der Waals surface area contributed by atoms with Crippen LogP contribution in [0.15, 0.2) is 48.5 Å². The van der Waals surface area contributed by atoms with Gasteiger partial charge in [-0.05, 0) is 55.2 Å². The Morgan fingerprint density at radius 3 is 2.28 bits per heavy atom. The molecule has 29 heavy (non-hydrogen) atoms. The fourth-order valence-corrected chi connectivity index (χ4v) is 3.54. The highest BCUT2D eigenvalue weighted by atomic mass is 16.5. The second kappa shape index (κ2) is 9.45. The Morgan fingerprint density at radius 2 is 1.66 bits per heavy atom. The lowest BCUT2D eigenvalue weighted by Gasteiger charge is -2.23. The van der Waals surface area contributed by atoms with Crippen LogP contribution >= 0.6 is 0 Å². The molecule has 1 atom stereocenters. The Labute approximate surface area is 172 Å². The van der Waals surface area contributed by atoms with E-state index < -0.39 is 6.04 Å². The molecule has 1 saturated heterocycles. The third-order valence-corrected chi connectivity index (χ3v) is 5.19. The summed E-state index contributed by atoms with van der Waals surface area (Å²) in [6.07, 6.45) is 2.45. The third kappa shape index (κ3) is 5.08. The van der Waals surface area contributed by atoms with Crippen molar-refractivity contribution in [2.75, 3.05) is 30.4 Å². The summed E-state index contributed by atoms with van der Waals surface area (Å²) in [5, 5.41) is 5.77. The summed E-state index contributed by atoms with van der Waals surface area (Å²) in [4.78, 5) is 27.9. The SMILES string of the molecule is COc1ccccc1C(=O)N[C@H](C(=O)Nc1ccc(N2CCCC2)cc1)C(C)C. The van der Waals surface area contributed by atoms with Crippen molar-refractivity contribution in [2.45, 2.75) is 32.7 Å². The summed E-state index contributed by atoms with van der Waals surface area (Å²) in [6, 6.07) is 14.2. The van der Waals surface area contributed by atoms with Crippen LogP contribution in [0.3, 0.4) is 0 Å². The Bertz CT molecular complexity index is 843. The molecule has 1 aliphatic heterocycles. The average Bonchev–Trinajstić information content (AvgIpc) is 3.27. The van der Waals surface area contributed by atoms with Gasteiger partial charge in [0, 0.05) is 24.5 Å². The summed E-state index contributed by atoms with van der Waals surface area (Å²) < 4.78 is 5.25. The standard InChI is InChI=1S/C23H29N3O3/c1-16(2)21(25-22(27)19-8-4-5-9-20(19)29-3)23(28)24-17-10-12-18(13-11-17)26-14-6-7-15-26/h4-5,8-13,16,21H,6-7,14-15H2,1-3H3,(H,24,28)(H,25,27)/t21-/m0/s1. The lowest BCUT2D eigenvalue weighted by Crippen LogP contribution is -2.47. The largest absolute Gasteiger partial charge is 0.496 e. The Morgan fingerprint density at radius 1 is 1.00 bits per heavy atom. The van der Waals surface area contributed by atoms with Crippen LogP contribution in [-0.4, -0.2) is 38.1 Å². The second-order valence-electron chi connectivity index (χ2n) is 7.63. The molecule has 2 N–H and O–H groups in total. The molecule has 2 amide bonds. The number of methoxy groups -OCH3 is 1. The molecule has 1 fully saturated rings. The quantitative estimate of drug-likeness (QED) is 0.750. The molecule has 154 valence electrons. The van der Waals surface area contributed by atoms with Crippen molar-refractivity contribution in [1.29, 1.82) is 0 Å². The van der Waals surface area contributed by atoms with Gasteiger partial charge in [-0.1, -0.05) is 26.0 Å². The van der Waals surface area contributed by atoms with Crippen molar-refractivity contribution in [1.82, 2.24) is 5.32 Å². The van der Waals surface area contributed by atoms with Crippen LogP contribution in [0.25, 0.3) is 0 Å². The Hall–Kier alpha value is -3.02. The van der Waals surface area contributed by atoms with E-state index in [-0.39, 0.29) is 17.7 Å². The molecule has 6 heteroatoms. The van der Waals surface area contributed by atoms with Crippen molar-refractivity contribution >= 4 is 23.2 Å². The molecular weight excluding hydrogens is 366 g/mol. The molecule has 1 aliphatic rings. The molecule has 2 aromatic rings. The van der Waals surface area contributed by atoms with Gasteiger partial charge in [0.2, 0.25) is 5.91 Å². The van der Waals surface area contributed by atoms with E-state index in [1.54, 1.807) is 24.3 Å². The Kier molecular flexibility index (Phi) is 6.75. The zero-order chi connectivity index (χ0) is 20.8. The van der Waals surface area contributed by atoms with Gasteiger partial charge in [-0.3, -0.25) is 9.59 Å². The highest BCUT2D eigenvalue weighted by Crippen LogP contribution is 2.22.